The minimum atomic E-state index is -0.481. The predicted molar refractivity (Wildman–Crippen MR) is 99.6 cm³/mol. The molecule has 0 bridgehead atoms. The maximum atomic E-state index is 12.6. The van der Waals surface area contributed by atoms with Crippen LogP contribution >= 0.6 is 0 Å². The quantitative estimate of drug-likeness (QED) is 0.607. The molecule has 2 unspecified atom stereocenters. The highest BCUT2D eigenvalue weighted by Crippen LogP contribution is 2.36. The van der Waals surface area contributed by atoms with Crippen LogP contribution in [0.5, 0.6) is 5.75 Å². The number of ketones is 1. The van der Waals surface area contributed by atoms with Gasteiger partial charge in [0.15, 0.2) is 5.78 Å². The Bertz CT molecular complexity index is 803. The molecule has 2 aromatic rings. The molecular formula is C21H23NO4. The van der Waals surface area contributed by atoms with Gasteiger partial charge in [-0.3, -0.25) is 4.79 Å². The number of ether oxygens (including phenoxy) is 2. The van der Waals surface area contributed by atoms with Gasteiger partial charge in [-0.25, -0.2) is 4.79 Å². The molecule has 0 amide bonds. The Morgan fingerprint density at radius 3 is 2.65 bits per heavy atom. The molecule has 0 aromatic heterocycles. The lowest BCUT2D eigenvalue weighted by atomic mass is 10.1. The molecule has 0 radical (unpaired) electrons. The first-order valence-corrected chi connectivity index (χ1v) is 8.74. The van der Waals surface area contributed by atoms with Gasteiger partial charge in [0.2, 0.25) is 0 Å². The van der Waals surface area contributed by atoms with Crippen LogP contribution in [0.4, 0.5) is 5.69 Å². The van der Waals surface area contributed by atoms with E-state index in [0.717, 1.165) is 11.3 Å². The van der Waals surface area contributed by atoms with E-state index >= 15 is 0 Å². The summed E-state index contributed by atoms with van der Waals surface area (Å²) in [6, 6.07) is 14.4. The van der Waals surface area contributed by atoms with E-state index in [1.165, 1.54) is 6.92 Å². The lowest BCUT2D eigenvalue weighted by Crippen LogP contribution is -2.47. The Hall–Kier alpha value is -2.82. The number of carbonyl (C=O) groups is 2. The van der Waals surface area contributed by atoms with E-state index in [-0.39, 0.29) is 24.5 Å². The topological polar surface area (TPSA) is 55.8 Å². The molecule has 0 N–H and O–H groups in total. The Balaban J connectivity index is 1.78. The van der Waals surface area contributed by atoms with E-state index in [9.17, 15) is 9.59 Å². The van der Waals surface area contributed by atoms with Crippen LogP contribution in [0.1, 0.15) is 36.7 Å². The van der Waals surface area contributed by atoms with Crippen molar-refractivity contribution >= 4 is 17.4 Å². The van der Waals surface area contributed by atoms with E-state index in [2.05, 4.69) is 0 Å². The normalized spacial score (nSPS) is 17.0. The second kappa shape index (κ2) is 7.60. The Morgan fingerprint density at radius 2 is 1.96 bits per heavy atom. The summed E-state index contributed by atoms with van der Waals surface area (Å²) in [6.07, 6.45) is -0.0601. The lowest BCUT2D eigenvalue weighted by molar-refractivity contribution is -0.146. The Morgan fingerprint density at radius 1 is 1.23 bits per heavy atom. The summed E-state index contributed by atoms with van der Waals surface area (Å²) in [4.78, 5) is 26.2. The number of esters is 1. The van der Waals surface area contributed by atoms with E-state index in [1.807, 2.05) is 49.1 Å². The third-order valence-corrected chi connectivity index (χ3v) is 4.49. The van der Waals surface area contributed by atoms with Gasteiger partial charge < -0.3 is 14.4 Å². The number of benzene rings is 2. The summed E-state index contributed by atoms with van der Waals surface area (Å²) in [7, 11) is 0. The number of rotatable bonds is 5. The van der Waals surface area contributed by atoms with Crippen molar-refractivity contribution in [1.29, 1.82) is 0 Å². The fraction of sp³-hybridized carbons (Fsp3) is 0.333. The monoisotopic (exact) mass is 353 g/mol. The number of carbonyl (C=O) groups excluding carboxylic acids is 2. The zero-order valence-corrected chi connectivity index (χ0v) is 15.3. The van der Waals surface area contributed by atoms with Gasteiger partial charge in [-0.05, 0) is 44.5 Å². The Kier molecular flexibility index (Phi) is 5.26. The van der Waals surface area contributed by atoms with E-state index < -0.39 is 6.04 Å². The van der Waals surface area contributed by atoms with Crippen molar-refractivity contribution < 1.29 is 19.1 Å². The highest BCUT2D eigenvalue weighted by atomic mass is 16.5. The van der Waals surface area contributed by atoms with Crippen LogP contribution in [0, 0.1) is 0 Å². The molecule has 2 atom stereocenters. The summed E-state index contributed by atoms with van der Waals surface area (Å²) in [5.74, 6) is 0.351. The van der Waals surface area contributed by atoms with E-state index in [0.29, 0.717) is 17.9 Å². The van der Waals surface area contributed by atoms with Crippen molar-refractivity contribution in [2.45, 2.75) is 39.5 Å². The van der Waals surface area contributed by atoms with Crippen LogP contribution in [-0.4, -0.2) is 30.4 Å². The average Bonchev–Trinajstić information content (AvgIpc) is 2.65. The second-order valence-corrected chi connectivity index (χ2v) is 6.59. The summed E-state index contributed by atoms with van der Waals surface area (Å²) in [5.41, 5.74) is 2.29. The smallest absolute Gasteiger partial charge is 0.328 e. The third-order valence-electron chi connectivity index (χ3n) is 4.49. The Labute approximate surface area is 153 Å². The third kappa shape index (κ3) is 3.87. The maximum Gasteiger partial charge on any atom is 0.328 e. The van der Waals surface area contributed by atoms with Crippen molar-refractivity contribution in [2.75, 3.05) is 11.4 Å². The highest BCUT2D eigenvalue weighted by Gasteiger charge is 2.31. The minimum Gasteiger partial charge on any atom is -0.487 e. The first-order chi connectivity index (χ1) is 12.5. The fourth-order valence-electron chi connectivity index (χ4n) is 3.03. The van der Waals surface area contributed by atoms with Gasteiger partial charge >= 0.3 is 5.97 Å². The molecular weight excluding hydrogens is 330 g/mol. The van der Waals surface area contributed by atoms with Crippen LogP contribution in [-0.2, 0) is 16.1 Å². The molecule has 1 aliphatic heterocycles. The summed E-state index contributed by atoms with van der Waals surface area (Å²) in [5, 5.41) is 0. The first kappa shape index (κ1) is 18.0. The van der Waals surface area contributed by atoms with Crippen molar-refractivity contribution in [3.63, 3.8) is 0 Å². The maximum absolute atomic E-state index is 12.6. The number of nitrogens with zero attached hydrogens (tertiary/aromatic N) is 1. The SMILES string of the molecule is CC(=O)c1ccc2c(c1)N(C(C)C(=O)OCc1ccccc1)CC(C)O2. The molecule has 0 spiro atoms. The molecule has 2 aromatic carbocycles. The predicted octanol–water partition coefficient (Wildman–Crippen LogP) is 3.61. The number of hydrogen-bond acceptors (Lipinski definition) is 5. The highest BCUT2D eigenvalue weighted by molar-refractivity contribution is 5.96. The lowest BCUT2D eigenvalue weighted by Gasteiger charge is -2.38. The van der Waals surface area contributed by atoms with Gasteiger partial charge in [-0.2, -0.15) is 0 Å². The zero-order valence-electron chi connectivity index (χ0n) is 15.3. The minimum absolute atomic E-state index is 0.0225. The van der Waals surface area contributed by atoms with Gasteiger partial charge in [-0.1, -0.05) is 30.3 Å². The average molecular weight is 353 g/mol. The summed E-state index contributed by atoms with van der Waals surface area (Å²) >= 11 is 0. The first-order valence-electron chi connectivity index (χ1n) is 8.74. The standard InChI is InChI=1S/C21H23NO4/c1-14-12-22(19-11-18(16(3)23)9-10-20(19)26-14)15(2)21(24)25-13-17-7-5-4-6-8-17/h4-11,14-15H,12-13H2,1-3H3. The largest absolute Gasteiger partial charge is 0.487 e. The van der Waals surface area contributed by atoms with E-state index in [1.54, 1.807) is 18.2 Å². The zero-order chi connectivity index (χ0) is 18.7. The van der Waals surface area contributed by atoms with Gasteiger partial charge in [-0.15, -0.1) is 0 Å². The van der Waals surface area contributed by atoms with Crippen LogP contribution in [0.3, 0.4) is 0 Å². The molecule has 1 heterocycles. The van der Waals surface area contributed by atoms with Crippen molar-refractivity contribution in [3.05, 3.63) is 59.7 Å². The second-order valence-electron chi connectivity index (χ2n) is 6.59. The molecule has 3 rings (SSSR count). The fourth-order valence-corrected chi connectivity index (χ4v) is 3.03. The molecule has 0 saturated heterocycles. The van der Waals surface area contributed by atoms with E-state index in [4.69, 9.17) is 9.47 Å². The van der Waals surface area contributed by atoms with Gasteiger partial charge in [0, 0.05) is 5.56 Å². The molecule has 136 valence electrons. The number of anilines is 1. The molecule has 5 heteroatoms. The van der Waals surface area contributed by atoms with Gasteiger partial charge in [0.25, 0.3) is 0 Å². The molecule has 26 heavy (non-hydrogen) atoms. The van der Waals surface area contributed by atoms with Gasteiger partial charge in [0.05, 0.1) is 12.2 Å². The molecule has 1 aliphatic rings. The van der Waals surface area contributed by atoms with Crippen molar-refractivity contribution in [2.24, 2.45) is 0 Å². The van der Waals surface area contributed by atoms with Crippen LogP contribution in [0.15, 0.2) is 48.5 Å². The molecule has 0 saturated carbocycles. The number of hydrogen-bond donors (Lipinski definition) is 0. The summed E-state index contributed by atoms with van der Waals surface area (Å²) < 4.78 is 11.3. The summed E-state index contributed by atoms with van der Waals surface area (Å²) in [6.45, 7) is 6.09. The molecule has 0 fully saturated rings. The van der Waals surface area contributed by atoms with Crippen molar-refractivity contribution in [1.82, 2.24) is 0 Å². The van der Waals surface area contributed by atoms with Crippen LogP contribution < -0.4 is 9.64 Å². The number of Topliss-reactive ketones (excluding diaryl/α,β-unsaturated/α-hetero) is 1. The van der Waals surface area contributed by atoms with Gasteiger partial charge in [0.1, 0.15) is 24.5 Å². The van der Waals surface area contributed by atoms with Crippen LogP contribution in [0.2, 0.25) is 0 Å². The number of fused-ring (bicyclic) bond motifs is 1. The van der Waals surface area contributed by atoms with Crippen molar-refractivity contribution in [3.8, 4) is 5.75 Å². The molecule has 5 nitrogen and oxygen atoms in total. The molecule has 0 aliphatic carbocycles. The van der Waals surface area contributed by atoms with Crippen LogP contribution in [0.25, 0.3) is 0 Å².